The van der Waals surface area contributed by atoms with Crippen LogP contribution in [-0.4, -0.2) is 37.8 Å². The molecule has 0 bridgehead atoms. The zero-order chi connectivity index (χ0) is 19.1. The van der Waals surface area contributed by atoms with Gasteiger partial charge in [0.1, 0.15) is 5.69 Å². The van der Waals surface area contributed by atoms with E-state index in [1.807, 2.05) is 18.2 Å². The number of nitrogens with one attached hydrogen (secondary N) is 3. The summed E-state index contributed by atoms with van der Waals surface area (Å²) in [5.74, 6) is 2.13. The standard InChI is InChI=1S/C18H21N5O4/c1-19-18(22-11-13-6-7-16-17(10-13)27-12-26-16)21-9-8-20-14-4-2-3-5-15(14)23(24)25/h2-7,10,20H,8-9,11-12H2,1H3,(H2,19,21,22). The Bertz CT molecular complexity index is 840. The molecule has 0 amide bonds. The van der Waals surface area contributed by atoms with Crippen molar-refractivity contribution in [3.05, 3.63) is 58.1 Å². The summed E-state index contributed by atoms with van der Waals surface area (Å²) in [6.45, 7) is 1.89. The van der Waals surface area contributed by atoms with Crippen LogP contribution in [0.1, 0.15) is 5.56 Å². The second-order valence-electron chi connectivity index (χ2n) is 5.74. The number of para-hydroxylation sites is 2. The molecule has 1 heterocycles. The van der Waals surface area contributed by atoms with Gasteiger partial charge in [0.15, 0.2) is 17.5 Å². The summed E-state index contributed by atoms with van der Waals surface area (Å²) in [7, 11) is 1.68. The van der Waals surface area contributed by atoms with Gasteiger partial charge in [-0.15, -0.1) is 0 Å². The first-order valence-electron chi connectivity index (χ1n) is 8.47. The smallest absolute Gasteiger partial charge is 0.292 e. The highest BCUT2D eigenvalue weighted by Gasteiger charge is 2.13. The predicted octanol–water partition coefficient (Wildman–Crippen LogP) is 2.10. The Labute approximate surface area is 156 Å². The lowest BCUT2D eigenvalue weighted by Crippen LogP contribution is -2.39. The van der Waals surface area contributed by atoms with Gasteiger partial charge in [-0.25, -0.2) is 0 Å². The van der Waals surface area contributed by atoms with Crippen molar-refractivity contribution in [2.45, 2.75) is 6.54 Å². The number of fused-ring (bicyclic) bond motifs is 1. The van der Waals surface area contributed by atoms with E-state index in [2.05, 4.69) is 20.9 Å². The Kier molecular flexibility index (Phi) is 5.93. The molecule has 3 rings (SSSR count). The molecule has 0 aliphatic carbocycles. The number of benzene rings is 2. The first kappa shape index (κ1) is 18.3. The van der Waals surface area contributed by atoms with Crippen LogP contribution < -0.4 is 25.4 Å². The van der Waals surface area contributed by atoms with Crippen LogP contribution in [0.25, 0.3) is 0 Å². The van der Waals surface area contributed by atoms with Crippen LogP contribution in [0.2, 0.25) is 0 Å². The fourth-order valence-corrected chi connectivity index (χ4v) is 2.62. The summed E-state index contributed by atoms with van der Waals surface area (Å²) in [6, 6.07) is 12.3. The maximum Gasteiger partial charge on any atom is 0.292 e. The summed E-state index contributed by atoms with van der Waals surface area (Å²) in [5, 5.41) is 20.4. The van der Waals surface area contributed by atoms with Crippen LogP contribution in [0, 0.1) is 10.1 Å². The number of hydrogen-bond donors (Lipinski definition) is 3. The molecule has 0 spiro atoms. The maximum atomic E-state index is 11.0. The Balaban J connectivity index is 1.44. The molecule has 142 valence electrons. The molecule has 1 aliphatic rings. The molecule has 0 saturated carbocycles. The van der Waals surface area contributed by atoms with E-state index in [1.54, 1.807) is 25.2 Å². The van der Waals surface area contributed by atoms with Gasteiger partial charge in [0, 0.05) is 32.7 Å². The summed E-state index contributed by atoms with van der Waals surface area (Å²) in [6.07, 6.45) is 0. The molecule has 2 aromatic carbocycles. The van der Waals surface area contributed by atoms with Gasteiger partial charge < -0.3 is 25.4 Å². The summed E-state index contributed by atoms with van der Waals surface area (Å²) in [5.41, 5.74) is 1.59. The number of nitro groups is 1. The third-order valence-electron chi connectivity index (χ3n) is 3.95. The third kappa shape index (κ3) is 4.78. The predicted molar refractivity (Wildman–Crippen MR) is 102 cm³/mol. The minimum absolute atomic E-state index is 0.0582. The fraction of sp³-hybridized carbons (Fsp3) is 0.278. The minimum atomic E-state index is -0.401. The zero-order valence-corrected chi connectivity index (χ0v) is 14.9. The lowest BCUT2D eigenvalue weighted by molar-refractivity contribution is -0.384. The van der Waals surface area contributed by atoms with Crippen molar-refractivity contribution in [3.63, 3.8) is 0 Å². The lowest BCUT2D eigenvalue weighted by atomic mass is 10.2. The monoisotopic (exact) mass is 371 g/mol. The van der Waals surface area contributed by atoms with Gasteiger partial charge >= 0.3 is 0 Å². The molecule has 9 nitrogen and oxygen atoms in total. The van der Waals surface area contributed by atoms with E-state index >= 15 is 0 Å². The Morgan fingerprint density at radius 3 is 2.78 bits per heavy atom. The second-order valence-corrected chi connectivity index (χ2v) is 5.74. The molecule has 0 saturated heterocycles. The number of nitro benzene ring substituents is 1. The van der Waals surface area contributed by atoms with Crippen LogP contribution in [0.4, 0.5) is 11.4 Å². The molecule has 9 heteroatoms. The summed E-state index contributed by atoms with van der Waals surface area (Å²) < 4.78 is 10.7. The maximum absolute atomic E-state index is 11.0. The number of guanidine groups is 1. The van der Waals surface area contributed by atoms with Crippen molar-refractivity contribution in [1.82, 2.24) is 10.6 Å². The average molecular weight is 371 g/mol. The van der Waals surface area contributed by atoms with Crippen molar-refractivity contribution < 1.29 is 14.4 Å². The molecule has 1 aliphatic heterocycles. The molecule has 0 atom stereocenters. The molecule has 0 unspecified atom stereocenters. The Morgan fingerprint density at radius 1 is 1.15 bits per heavy atom. The minimum Gasteiger partial charge on any atom is -0.454 e. The Morgan fingerprint density at radius 2 is 1.96 bits per heavy atom. The van der Waals surface area contributed by atoms with Crippen molar-refractivity contribution in [1.29, 1.82) is 0 Å². The number of hydrogen-bond acceptors (Lipinski definition) is 6. The van der Waals surface area contributed by atoms with Gasteiger partial charge in [-0.2, -0.15) is 0 Å². The van der Waals surface area contributed by atoms with Crippen LogP contribution in [0.5, 0.6) is 11.5 Å². The van der Waals surface area contributed by atoms with Crippen molar-refractivity contribution in [3.8, 4) is 11.5 Å². The molecule has 0 fully saturated rings. The average Bonchev–Trinajstić information content (AvgIpc) is 3.15. The highest BCUT2D eigenvalue weighted by atomic mass is 16.7. The van der Waals surface area contributed by atoms with E-state index < -0.39 is 4.92 Å². The van der Waals surface area contributed by atoms with E-state index in [4.69, 9.17) is 9.47 Å². The van der Waals surface area contributed by atoms with Gasteiger partial charge in [-0.05, 0) is 23.8 Å². The van der Waals surface area contributed by atoms with Crippen molar-refractivity contribution >= 4 is 17.3 Å². The number of aliphatic imine (C=N–C) groups is 1. The molecule has 3 N–H and O–H groups in total. The lowest BCUT2D eigenvalue weighted by Gasteiger charge is -2.13. The fourth-order valence-electron chi connectivity index (χ4n) is 2.62. The van der Waals surface area contributed by atoms with Gasteiger partial charge in [0.2, 0.25) is 6.79 Å². The summed E-state index contributed by atoms with van der Waals surface area (Å²) >= 11 is 0. The number of anilines is 1. The molecule has 2 aromatic rings. The van der Waals surface area contributed by atoms with Crippen LogP contribution in [0.15, 0.2) is 47.5 Å². The molecule has 0 radical (unpaired) electrons. The molecular weight excluding hydrogens is 350 g/mol. The Hall–Kier alpha value is -3.49. The van der Waals surface area contributed by atoms with Gasteiger partial charge in [-0.3, -0.25) is 15.1 Å². The number of nitrogens with zero attached hydrogens (tertiary/aromatic N) is 2. The molecule has 0 aromatic heterocycles. The summed E-state index contributed by atoms with van der Waals surface area (Å²) in [4.78, 5) is 14.8. The quantitative estimate of drug-likeness (QED) is 0.225. The van der Waals surface area contributed by atoms with E-state index in [-0.39, 0.29) is 12.5 Å². The number of rotatable bonds is 7. The molecule has 27 heavy (non-hydrogen) atoms. The molecular formula is C18H21N5O4. The second kappa shape index (κ2) is 8.75. The van der Waals surface area contributed by atoms with E-state index in [1.165, 1.54) is 6.07 Å². The van der Waals surface area contributed by atoms with E-state index in [9.17, 15) is 10.1 Å². The van der Waals surface area contributed by atoms with E-state index in [0.717, 1.165) is 17.1 Å². The number of ether oxygens (including phenoxy) is 2. The largest absolute Gasteiger partial charge is 0.454 e. The van der Waals surface area contributed by atoms with Gasteiger partial charge in [-0.1, -0.05) is 18.2 Å². The van der Waals surface area contributed by atoms with Crippen molar-refractivity contribution in [2.75, 3.05) is 32.2 Å². The normalized spacial score (nSPS) is 12.6. The van der Waals surface area contributed by atoms with Crippen LogP contribution >= 0.6 is 0 Å². The first-order valence-corrected chi connectivity index (χ1v) is 8.47. The third-order valence-corrected chi connectivity index (χ3v) is 3.95. The zero-order valence-electron chi connectivity index (χ0n) is 14.9. The highest BCUT2D eigenvalue weighted by molar-refractivity contribution is 5.79. The van der Waals surface area contributed by atoms with Gasteiger partial charge in [0.25, 0.3) is 5.69 Å². The van der Waals surface area contributed by atoms with Crippen LogP contribution in [0.3, 0.4) is 0 Å². The SMILES string of the molecule is CN=C(NCCNc1ccccc1[N+](=O)[O-])NCc1ccc2c(c1)OCO2. The van der Waals surface area contributed by atoms with E-state index in [0.29, 0.717) is 31.3 Å². The highest BCUT2D eigenvalue weighted by Crippen LogP contribution is 2.32. The van der Waals surface area contributed by atoms with Crippen LogP contribution in [-0.2, 0) is 6.54 Å². The first-order chi connectivity index (χ1) is 13.2. The van der Waals surface area contributed by atoms with Gasteiger partial charge in [0.05, 0.1) is 4.92 Å². The van der Waals surface area contributed by atoms with Crippen molar-refractivity contribution in [2.24, 2.45) is 4.99 Å². The topological polar surface area (TPSA) is 110 Å².